The molecule has 0 N–H and O–H groups in total. The van der Waals surface area contributed by atoms with E-state index in [-0.39, 0.29) is 5.60 Å². The van der Waals surface area contributed by atoms with Gasteiger partial charge in [-0.05, 0) is 39.5 Å². The van der Waals surface area contributed by atoms with Crippen LogP contribution < -0.4 is 0 Å². The highest BCUT2D eigenvalue weighted by atomic mass is 16.5. The average Bonchev–Trinajstić information content (AvgIpc) is 2.16. The van der Waals surface area contributed by atoms with Crippen LogP contribution in [0.25, 0.3) is 0 Å². The molecule has 0 aromatic heterocycles. The first-order valence-electron chi connectivity index (χ1n) is 5.59. The first kappa shape index (κ1) is 13.9. The second kappa shape index (κ2) is 6.41. The van der Waals surface area contributed by atoms with Crippen LogP contribution >= 0.6 is 0 Å². The average molecular weight is 202 g/mol. The van der Waals surface area contributed by atoms with Gasteiger partial charge in [-0.3, -0.25) is 0 Å². The highest BCUT2D eigenvalue weighted by Gasteiger charge is 2.17. The van der Waals surface area contributed by atoms with E-state index in [2.05, 4.69) is 34.6 Å². The van der Waals surface area contributed by atoms with Crippen LogP contribution in [-0.2, 0) is 9.47 Å². The van der Waals surface area contributed by atoms with Crippen molar-refractivity contribution in [2.24, 2.45) is 5.92 Å². The third-order valence-corrected chi connectivity index (χ3v) is 3.09. The molecule has 0 rings (SSSR count). The van der Waals surface area contributed by atoms with Gasteiger partial charge in [0.1, 0.15) is 0 Å². The summed E-state index contributed by atoms with van der Waals surface area (Å²) in [6, 6.07) is 0. The highest BCUT2D eigenvalue weighted by Crippen LogP contribution is 2.16. The maximum atomic E-state index is 5.79. The molecular weight excluding hydrogens is 176 g/mol. The lowest BCUT2D eigenvalue weighted by Gasteiger charge is -2.25. The van der Waals surface area contributed by atoms with Crippen LogP contribution in [0.4, 0.5) is 0 Å². The van der Waals surface area contributed by atoms with Crippen molar-refractivity contribution in [2.75, 3.05) is 13.7 Å². The van der Waals surface area contributed by atoms with Gasteiger partial charge in [0.25, 0.3) is 0 Å². The Hall–Kier alpha value is -0.0800. The van der Waals surface area contributed by atoms with Crippen molar-refractivity contribution in [1.29, 1.82) is 0 Å². The largest absolute Gasteiger partial charge is 0.381 e. The molecule has 0 fully saturated rings. The van der Waals surface area contributed by atoms with Crippen LogP contribution in [0.1, 0.15) is 47.5 Å². The van der Waals surface area contributed by atoms with Gasteiger partial charge in [-0.25, -0.2) is 0 Å². The quantitative estimate of drug-likeness (QED) is 0.631. The number of ether oxygens (including phenoxy) is 2. The van der Waals surface area contributed by atoms with E-state index in [9.17, 15) is 0 Å². The van der Waals surface area contributed by atoms with E-state index < -0.39 is 0 Å². The Balaban J connectivity index is 3.63. The maximum Gasteiger partial charge on any atom is 0.0623 e. The van der Waals surface area contributed by atoms with Crippen molar-refractivity contribution >= 4 is 0 Å². The van der Waals surface area contributed by atoms with Crippen molar-refractivity contribution in [1.82, 2.24) is 0 Å². The van der Waals surface area contributed by atoms with Crippen molar-refractivity contribution in [3.05, 3.63) is 0 Å². The van der Waals surface area contributed by atoms with Gasteiger partial charge in [0.15, 0.2) is 0 Å². The molecule has 2 nitrogen and oxygen atoms in total. The molecule has 0 heterocycles. The lowest BCUT2D eigenvalue weighted by atomic mass is 10.0. The number of methoxy groups -OCH3 is 1. The Morgan fingerprint density at radius 2 is 1.79 bits per heavy atom. The zero-order valence-corrected chi connectivity index (χ0v) is 10.6. The zero-order chi connectivity index (χ0) is 11.2. The minimum absolute atomic E-state index is 0.0238. The van der Waals surface area contributed by atoms with Crippen LogP contribution in [0.2, 0.25) is 0 Å². The normalized spacial score (nSPS) is 16.7. The van der Waals surface area contributed by atoms with Crippen LogP contribution in [0.3, 0.4) is 0 Å². The van der Waals surface area contributed by atoms with E-state index in [0.29, 0.717) is 12.0 Å². The van der Waals surface area contributed by atoms with Gasteiger partial charge < -0.3 is 9.47 Å². The monoisotopic (exact) mass is 202 g/mol. The van der Waals surface area contributed by atoms with Gasteiger partial charge >= 0.3 is 0 Å². The summed E-state index contributed by atoms with van der Waals surface area (Å²) in [6.45, 7) is 11.6. The first-order valence-corrected chi connectivity index (χ1v) is 5.59. The fraction of sp³-hybridized carbons (Fsp3) is 1.00. The fourth-order valence-electron chi connectivity index (χ4n) is 1.09. The van der Waals surface area contributed by atoms with Gasteiger partial charge in [-0.2, -0.15) is 0 Å². The first-order chi connectivity index (χ1) is 6.43. The van der Waals surface area contributed by atoms with Gasteiger partial charge in [0.2, 0.25) is 0 Å². The third kappa shape index (κ3) is 5.61. The lowest BCUT2D eigenvalue weighted by molar-refractivity contribution is -0.0338. The summed E-state index contributed by atoms with van der Waals surface area (Å²) >= 11 is 0. The van der Waals surface area contributed by atoms with Gasteiger partial charge in [0, 0.05) is 13.7 Å². The second-order valence-electron chi connectivity index (χ2n) is 4.67. The van der Waals surface area contributed by atoms with Crippen molar-refractivity contribution in [3.63, 3.8) is 0 Å². The van der Waals surface area contributed by atoms with E-state index in [1.165, 1.54) is 0 Å². The molecule has 14 heavy (non-hydrogen) atoms. The van der Waals surface area contributed by atoms with Crippen LogP contribution in [-0.4, -0.2) is 25.4 Å². The van der Waals surface area contributed by atoms with Gasteiger partial charge in [-0.15, -0.1) is 0 Å². The van der Waals surface area contributed by atoms with Crippen LogP contribution in [0.5, 0.6) is 0 Å². The topological polar surface area (TPSA) is 18.5 Å². The molecule has 0 aromatic rings. The van der Waals surface area contributed by atoms with Gasteiger partial charge in [-0.1, -0.05) is 13.8 Å². The Morgan fingerprint density at radius 3 is 2.21 bits per heavy atom. The number of hydrogen-bond donors (Lipinski definition) is 0. The number of hydrogen-bond acceptors (Lipinski definition) is 2. The molecule has 0 aromatic carbocycles. The predicted molar refractivity (Wildman–Crippen MR) is 60.6 cm³/mol. The second-order valence-corrected chi connectivity index (χ2v) is 4.67. The minimum Gasteiger partial charge on any atom is -0.381 e. The SMILES string of the molecule is CCC(C)(C)OCCC(C)C(C)OC. The van der Waals surface area contributed by atoms with Crippen molar-refractivity contribution in [2.45, 2.75) is 59.2 Å². The van der Waals surface area contributed by atoms with E-state index >= 15 is 0 Å². The maximum absolute atomic E-state index is 5.79. The van der Waals surface area contributed by atoms with E-state index in [1.807, 2.05) is 0 Å². The molecule has 0 saturated carbocycles. The molecule has 86 valence electrons. The smallest absolute Gasteiger partial charge is 0.0623 e. The van der Waals surface area contributed by atoms with E-state index in [4.69, 9.17) is 9.47 Å². The summed E-state index contributed by atoms with van der Waals surface area (Å²) in [5.41, 5.74) is 0.0238. The molecule has 2 atom stereocenters. The summed E-state index contributed by atoms with van der Waals surface area (Å²) in [6.07, 6.45) is 2.45. The molecule has 0 amide bonds. The lowest BCUT2D eigenvalue weighted by Crippen LogP contribution is -2.26. The molecule has 2 heteroatoms. The Kier molecular flexibility index (Phi) is 6.38. The summed E-state index contributed by atoms with van der Waals surface area (Å²) in [7, 11) is 1.76. The van der Waals surface area contributed by atoms with E-state index in [1.54, 1.807) is 7.11 Å². The van der Waals surface area contributed by atoms with Crippen LogP contribution in [0, 0.1) is 5.92 Å². The summed E-state index contributed by atoms with van der Waals surface area (Å²) in [4.78, 5) is 0. The molecule has 0 aliphatic heterocycles. The molecule has 2 unspecified atom stereocenters. The molecule has 0 spiro atoms. The highest BCUT2D eigenvalue weighted by molar-refractivity contribution is 4.66. The molecule has 0 radical (unpaired) electrons. The summed E-state index contributed by atoms with van der Waals surface area (Å²) in [5.74, 6) is 0.563. The zero-order valence-electron chi connectivity index (χ0n) is 10.6. The molecule has 0 bridgehead atoms. The standard InChI is InChI=1S/C12H26O2/c1-7-12(4,5)14-9-8-10(2)11(3)13-6/h10-11H,7-9H2,1-6H3. The Morgan fingerprint density at radius 1 is 1.21 bits per heavy atom. The van der Waals surface area contributed by atoms with Crippen molar-refractivity contribution < 1.29 is 9.47 Å². The predicted octanol–water partition coefficient (Wildman–Crippen LogP) is 3.25. The molecule has 0 aliphatic carbocycles. The molecular formula is C12H26O2. The third-order valence-electron chi connectivity index (χ3n) is 3.09. The summed E-state index contributed by atoms with van der Waals surface area (Å²) < 4.78 is 11.1. The minimum atomic E-state index is 0.0238. The van der Waals surface area contributed by atoms with E-state index in [0.717, 1.165) is 19.4 Å². The Bertz CT molecular complexity index is 143. The Labute approximate surface area is 89.0 Å². The van der Waals surface area contributed by atoms with Gasteiger partial charge in [0.05, 0.1) is 11.7 Å². The molecule has 0 saturated heterocycles. The molecule has 0 aliphatic rings. The number of rotatable bonds is 7. The summed E-state index contributed by atoms with van der Waals surface area (Å²) in [5, 5.41) is 0. The van der Waals surface area contributed by atoms with Crippen molar-refractivity contribution in [3.8, 4) is 0 Å². The van der Waals surface area contributed by atoms with Crippen LogP contribution in [0.15, 0.2) is 0 Å². The fourth-order valence-corrected chi connectivity index (χ4v) is 1.09.